The highest BCUT2D eigenvalue weighted by Gasteiger charge is 2.32. The van der Waals surface area contributed by atoms with Crippen LogP contribution in [0.2, 0.25) is 0 Å². The van der Waals surface area contributed by atoms with Crippen LogP contribution in [0.25, 0.3) is 0 Å². The third-order valence-corrected chi connectivity index (χ3v) is 3.71. The van der Waals surface area contributed by atoms with Gasteiger partial charge in [-0.15, -0.1) is 0 Å². The molecule has 0 amide bonds. The number of aromatic nitrogens is 2. The third kappa shape index (κ3) is 2.72. The normalized spacial score (nSPS) is 20.3. The fraction of sp³-hybridized carbons (Fsp3) is 0.692. The first-order valence-electron chi connectivity index (χ1n) is 6.47. The topological polar surface area (TPSA) is 67.1 Å². The Labute approximate surface area is 109 Å². The van der Waals surface area contributed by atoms with Crippen molar-refractivity contribution in [2.24, 2.45) is 17.2 Å². The van der Waals surface area contributed by atoms with Gasteiger partial charge in [-0.1, -0.05) is 20.8 Å². The number of hydrogen-bond donors (Lipinski definition) is 2. The summed E-state index contributed by atoms with van der Waals surface area (Å²) in [4.78, 5) is 11.0. The maximum atomic E-state index is 5.39. The second-order valence-corrected chi connectivity index (χ2v) is 6.13. The molecule has 0 bridgehead atoms. The molecular formula is C13H23N5. The van der Waals surface area contributed by atoms with Gasteiger partial charge >= 0.3 is 0 Å². The van der Waals surface area contributed by atoms with Crippen molar-refractivity contribution in [3.8, 4) is 0 Å². The van der Waals surface area contributed by atoms with E-state index < -0.39 is 0 Å². The van der Waals surface area contributed by atoms with Gasteiger partial charge in [0.05, 0.1) is 0 Å². The zero-order valence-electron chi connectivity index (χ0n) is 11.7. The zero-order valence-corrected chi connectivity index (χ0v) is 11.7. The monoisotopic (exact) mass is 249 g/mol. The highest BCUT2D eigenvalue weighted by Crippen LogP contribution is 2.35. The van der Waals surface area contributed by atoms with Gasteiger partial charge in [-0.3, -0.25) is 5.43 Å². The second kappa shape index (κ2) is 4.72. The van der Waals surface area contributed by atoms with Gasteiger partial charge < -0.3 is 4.90 Å². The average Bonchev–Trinajstić information content (AvgIpc) is 2.77. The van der Waals surface area contributed by atoms with Crippen LogP contribution in [0.15, 0.2) is 6.07 Å². The summed E-state index contributed by atoms with van der Waals surface area (Å²) in [5, 5.41) is 0. The minimum absolute atomic E-state index is 0.353. The number of nitrogens with two attached hydrogens (primary N) is 1. The fourth-order valence-electron chi connectivity index (χ4n) is 2.45. The standard InChI is InChI=1S/C13H23N5/c1-9-7-11(16-12(15-9)17-14)18-6-5-10(8-18)13(2,3)4/h7,10H,5-6,8,14H2,1-4H3,(H,15,16,17). The van der Waals surface area contributed by atoms with Crippen molar-refractivity contribution in [2.75, 3.05) is 23.4 Å². The van der Waals surface area contributed by atoms with E-state index in [9.17, 15) is 0 Å². The van der Waals surface area contributed by atoms with Gasteiger partial charge in [-0.2, -0.15) is 4.98 Å². The molecule has 100 valence electrons. The summed E-state index contributed by atoms with van der Waals surface area (Å²) >= 11 is 0. The summed E-state index contributed by atoms with van der Waals surface area (Å²) in [7, 11) is 0. The fourth-order valence-corrected chi connectivity index (χ4v) is 2.45. The molecule has 1 aliphatic rings. The number of nitrogen functional groups attached to an aromatic ring is 1. The van der Waals surface area contributed by atoms with Crippen LogP contribution < -0.4 is 16.2 Å². The molecule has 0 aliphatic carbocycles. The molecular weight excluding hydrogens is 226 g/mol. The lowest BCUT2D eigenvalue weighted by molar-refractivity contribution is 0.263. The number of nitrogens with one attached hydrogen (secondary N) is 1. The Morgan fingerprint density at radius 1 is 1.39 bits per heavy atom. The van der Waals surface area contributed by atoms with Crippen molar-refractivity contribution in [1.29, 1.82) is 0 Å². The van der Waals surface area contributed by atoms with Crippen LogP contribution in [0.5, 0.6) is 0 Å². The third-order valence-electron chi connectivity index (χ3n) is 3.71. The maximum Gasteiger partial charge on any atom is 0.239 e. The smallest absolute Gasteiger partial charge is 0.239 e. The van der Waals surface area contributed by atoms with Crippen molar-refractivity contribution in [2.45, 2.75) is 34.1 Å². The first kappa shape index (κ1) is 13.1. The van der Waals surface area contributed by atoms with Gasteiger partial charge in [0.25, 0.3) is 0 Å². The highest BCUT2D eigenvalue weighted by atomic mass is 15.3. The molecule has 2 rings (SSSR count). The van der Waals surface area contributed by atoms with Crippen LogP contribution in [-0.4, -0.2) is 23.1 Å². The van der Waals surface area contributed by atoms with E-state index in [4.69, 9.17) is 5.84 Å². The summed E-state index contributed by atoms with van der Waals surface area (Å²) in [6.45, 7) is 11.0. The van der Waals surface area contributed by atoms with Crippen molar-refractivity contribution in [3.63, 3.8) is 0 Å². The van der Waals surface area contributed by atoms with E-state index in [1.165, 1.54) is 6.42 Å². The molecule has 5 heteroatoms. The molecule has 5 nitrogen and oxygen atoms in total. The second-order valence-electron chi connectivity index (χ2n) is 6.13. The highest BCUT2D eigenvalue weighted by molar-refractivity contribution is 5.45. The molecule has 0 aromatic carbocycles. The predicted octanol–water partition coefficient (Wildman–Crippen LogP) is 1.94. The van der Waals surface area contributed by atoms with E-state index in [1.807, 2.05) is 13.0 Å². The molecule has 2 heterocycles. The molecule has 3 N–H and O–H groups in total. The van der Waals surface area contributed by atoms with Crippen LogP contribution in [0.3, 0.4) is 0 Å². The Bertz CT molecular complexity index is 424. The minimum Gasteiger partial charge on any atom is -0.356 e. The van der Waals surface area contributed by atoms with Crippen LogP contribution in [-0.2, 0) is 0 Å². The Hall–Kier alpha value is -1.36. The lowest BCUT2D eigenvalue weighted by atomic mass is 9.80. The Morgan fingerprint density at radius 2 is 2.11 bits per heavy atom. The van der Waals surface area contributed by atoms with Gasteiger partial charge in [0.1, 0.15) is 5.82 Å². The predicted molar refractivity (Wildman–Crippen MR) is 74.4 cm³/mol. The molecule has 1 unspecified atom stereocenters. The molecule has 18 heavy (non-hydrogen) atoms. The van der Waals surface area contributed by atoms with Gasteiger partial charge in [0.15, 0.2) is 0 Å². The summed E-state index contributed by atoms with van der Waals surface area (Å²) in [5.74, 6) is 7.56. The number of anilines is 2. The first-order chi connectivity index (χ1) is 8.40. The lowest BCUT2D eigenvalue weighted by Gasteiger charge is -2.27. The van der Waals surface area contributed by atoms with Crippen LogP contribution in [0, 0.1) is 18.3 Å². The van der Waals surface area contributed by atoms with Crippen molar-refractivity contribution < 1.29 is 0 Å². The van der Waals surface area contributed by atoms with Gasteiger partial charge in [0.2, 0.25) is 5.95 Å². The number of rotatable bonds is 2. The van der Waals surface area contributed by atoms with Gasteiger partial charge in [0, 0.05) is 24.8 Å². The molecule has 0 radical (unpaired) electrons. The van der Waals surface area contributed by atoms with E-state index in [-0.39, 0.29) is 0 Å². The molecule has 1 fully saturated rings. The minimum atomic E-state index is 0.353. The van der Waals surface area contributed by atoms with Crippen LogP contribution in [0.1, 0.15) is 32.9 Å². The lowest BCUT2D eigenvalue weighted by Crippen LogP contribution is -2.26. The summed E-state index contributed by atoms with van der Waals surface area (Å²) in [6, 6.07) is 2.02. The van der Waals surface area contributed by atoms with Crippen molar-refractivity contribution >= 4 is 11.8 Å². The molecule has 0 saturated carbocycles. The maximum absolute atomic E-state index is 5.39. The number of nitrogens with zero attached hydrogens (tertiary/aromatic N) is 3. The largest absolute Gasteiger partial charge is 0.356 e. The van der Waals surface area contributed by atoms with E-state index >= 15 is 0 Å². The van der Waals surface area contributed by atoms with E-state index in [2.05, 4.69) is 41.1 Å². The average molecular weight is 249 g/mol. The van der Waals surface area contributed by atoms with Gasteiger partial charge in [-0.05, 0) is 24.7 Å². The van der Waals surface area contributed by atoms with E-state index in [0.717, 1.165) is 24.6 Å². The molecule has 1 aromatic heterocycles. The quantitative estimate of drug-likeness (QED) is 0.619. The van der Waals surface area contributed by atoms with Gasteiger partial charge in [-0.25, -0.2) is 10.8 Å². The van der Waals surface area contributed by atoms with Crippen LogP contribution >= 0.6 is 0 Å². The Morgan fingerprint density at radius 3 is 2.67 bits per heavy atom. The molecule has 0 spiro atoms. The molecule has 1 aliphatic heterocycles. The van der Waals surface area contributed by atoms with Crippen molar-refractivity contribution in [3.05, 3.63) is 11.8 Å². The number of hydrogen-bond acceptors (Lipinski definition) is 5. The molecule has 1 aromatic rings. The number of aryl methyl sites for hydroxylation is 1. The number of hydrazine groups is 1. The summed E-state index contributed by atoms with van der Waals surface area (Å²) < 4.78 is 0. The van der Waals surface area contributed by atoms with Crippen LogP contribution in [0.4, 0.5) is 11.8 Å². The van der Waals surface area contributed by atoms with E-state index in [1.54, 1.807) is 0 Å². The summed E-state index contributed by atoms with van der Waals surface area (Å²) in [6.07, 6.45) is 1.22. The Balaban J connectivity index is 2.16. The Kier molecular flexibility index (Phi) is 3.43. The SMILES string of the molecule is Cc1cc(N2CCC(C(C)(C)C)C2)nc(NN)n1. The zero-order chi connectivity index (χ0) is 13.3. The first-order valence-corrected chi connectivity index (χ1v) is 6.47. The van der Waals surface area contributed by atoms with Crippen molar-refractivity contribution in [1.82, 2.24) is 9.97 Å². The molecule has 1 saturated heterocycles. The molecule has 1 atom stereocenters. The summed E-state index contributed by atoms with van der Waals surface area (Å²) in [5.41, 5.74) is 3.81. The van der Waals surface area contributed by atoms with E-state index in [0.29, 0.717) is 17.3 Å².